The van der Waals surface area contributed by atoms with E-state index in [1.807, 2.05) is 42.2 Å². The van der Waals surface area contributed by atoms with Crippen molar-refractivity contribution in [2.45, 2.75) is 31.5 Å². The minimum atomic E-state index is -0.311. The van der Waals surface area contributed by atoms with Crippen LogP contribution in [0.3, 0.4) is 0 Å². The molecule has 0 bridgehead atoms. The highest BCUT2D eigenvalue weighted by Crippen LogP contribution is 2.34. The van der Waals surface area contributed by atoms with Crippen LogP contribution in [0.2, 0.25) is 0 Å². The molecule has 5 rings (SSSR count). The molecular weight excluding hydrogens is 358 g/mol. The standard InChI is InChI=1S/C21H23N3O4/c1-14-12-24(13-21(28-14)6-8-26-9-7-21)20(25)16-11-22-23-19(16)18-10-15-4-2-3-5-17(15)27-18/h2-5,10-11,14H,6-9,12-13H2,1H3,(H,22,23). The van der Waals surface area contributed by atoms with Crippen LogP contribution in [0.4, 0.5) is 0 Å². The number of rotatable bonds is 2. The smallest absolute Gasteiger partial charge is 0.258 e. The van der Waals surface area contributed by atoms with Crippen molar-refractivity contribution in [3.63, 3.8) is 0 Å². The molecule has 4 heterocycles. The van der Waals surface area contributed by atoms with Crippen LogP contribution >= 0.6 is 0 Å². The number of aromatic nitrogens is 2. The number of hydrogen-bond acceptors (Lipinski definition) is 5. The maximum Gasteiger partial charge on any atom is 0.258 e. The van der Waals surface area contributed by atoms with Crippen LogP contribution in [0, 0.1) is 0 Å². The van der Waals surface area contributed by atoms with E-state index in [1.54, 1.807) is 6.20 Å². The first-order chi connectivity index (χ1) is 13.6. The highest BCUT2D eigenvalue weighted by molar-refractivity contribution is 6.00. The predicted octanol–water partition coefficient (Wildman–Crippen LogP) is 3.23. The molecule has 146 valence electrons. The fourth-order valence-corrected chi connectivity index (χ4v) is 4.31. The van der Waals surface area contributed by atoms with Crippen LogP contribution in [0.1, 0.15) is 30.1 Å². The zero-order valence-electron chi connectivity index (χ0n) is 15.8. The van der Waals surface area contributed by atoms with Gasteiger partial charge in [-0.1, -0.05) is 18.2 Å². The van der Waals surface area contributed by atoms with Crippen molar-refractivity contribution < 1.29 is 18.7 Å². The number of amides is 1. The lowest BCUT2D eigenvalue weighted by molar-refractivity contribution is -0.176. The Kier molecular flexibility index (Phi) is 4.21. The molecule has 1 unspecified atom stereocenters. The third-order valence-corrected chi connectivity index (χ3v) is 5.64. The maximum absolute atomic E-state index is 13.4. The lowest BCUT2D eigenvalue weighted by Crippen LogP contribution is -2.58. The molecule has 1 atom stereocenters. The highest BCUT2D eigenvalue weighted by atomic mass is 16.5. The summed E-state index contributed by atoms with van der Waals surface area (Å²) in [6.45, 7) is 4.50. The Hall–Kier alpha value is -2.64. The van der Waals surface area contributed by atoms with E-state index >= 15 is 0 Å². The molecule has 1 spiro atoms. The predicted molar refractivity (Wildman–Crippen MR) is 103 cm³/mol. The number of benzene rings is 1. The van der Waals surface area contributed by atoms with E-state index < -0.39 is 0 Å². The molecule has 0 radical (unpaired) electrons. The van der Waals surface area contributed by atoms with E-state index in [4.69, 9.17) is 13.9 Å². The molecule has 1 amide bonds. The first kappa shape index (κ1) is 17.5. The average Bonchev–Trinajstić information content (AvgIpc) is 3.34. The van der Waals surface area contributed by atoms with Gasteiger partial charge in [-0.25, -0.2) is 0 Å². The number of H-pyrrole nitrogens is 1. The second-order valence-corrected chi connectivity index (χ2v) is 7.72. The molecule has 1 aromatic carbocycles. The largest absolute Gasteiger partial charge is 0.454 e. The monoisotopic (exact) mass is 381 g/mol. The number of fused-ring (bicyclic) bond motifs is 1. The van der Waals surface area contributed by atoms with Crippen molar-refractivity contribution in [1.82, 2.24) is 15.1 Å². The van der Waals surface area contributed by atoms with Gasteiger partial charge in [0.25, 0.3) is 5.91 Å². The first-order valence-electron chi connectivity index (χ1n) is 9.71. The van der Waals surface area contributed by atoms with Crippen LogP contribution in [0.5, 0.6) is 0 Å². The van der Waals surface area contributed by atoms with Gasteiger partial charge in [-0.05, 0) is 19.1 Å². The van der Waals surface area contributed by atoms with Gasteiger partial charge in [0.1, 0.15) is 11.3 Å². The van der Waals surface area contributed by atoms with Crippen LogP contribution in [0.15, 0.2) is 40.9 Å². The van der Waals surface area contributed by atoms with Crippen molar-refractivity contribution in [2.24, 2.45) is 0 Å². The molecule has 7 nitrogen and oxygen atoms in total. The summed E-state index contributed by atoms with van der Waals surface area (Å²) in [6.07, 6.45) is 3.19. The summed E-state index contributed by atoms with van der Waals surface area (Å²) < 4.78 is 17.7. The second-order valence-electron chi connectivity index (χ2n) is 7.72. The number of nitrogens with zero attached hydrogens (tertiary/aromatic N) is 2. The Labute approximate surface area is 162 Å². The molecule has 2 aliphatic rings. The lowest BCUT2D eigenvalue weighted by Gasteiger charge is -2.47. The molecule has 3 aromatic rings. The molecule has 0 saturated carbocycles. The number of morpholine rings is 1. The minimum absolute atomic E-state index is 0.0163. The highest BCUT2D eigenvalue weighted by Gasteiger charge is 2.42. The summed E-state index contributed by atoms with van der Waals surface area (Å²) >= 11 is 0. The Morgan fingerprint density at radius 1 is 1.29 bits per heavy atom. The fourth-order valence-electron chi connectivity index (χ4n) is 4.31. The number of hydrogen-bond donors (Lipinski definition) is 1. The molecule has 2 aliphatic heterocycles. The van der Waals surface area contributed by atoms with Gasteiger partial charge in [0.05, 0.1) is 30.0 Å². The molecule has 0 aliphatic carbocycles. The fraction of sp³-hybridized carbons (Fsp3) is 0.429. The van der Waals surface area contributed by atoms with Crippen LogP contribution in [0.25, 0.3) is 22.4 Å². The van der Waals surface area contributed by atoms with Crippen molar-refractivity contribution >= 4 is 16.9 Å². The van der Waals surface area contributed by atoms with Crippen molar-refractivity contribution in [3.8, 4) is 11.5 Å². The Morgan fingerprint density at radius 2 is 2.11 bits per heavy atom. The van der Waals surface area contributed by atoms with Gasteiger partial charge in [0, 0.05) is 38.0 Å². The number of furan rings is 1. The molecular formula is C21H23N3O4. The van der Waals surface area contributed by atoms with E-state index in [9.17, 15) is 4.79 Å². The van der Waals surface area contributed by atoms with Crippen molar-refractivity contribution in [2.75, 3.05) is 26.3 Å². The van der Waals surface area contributed by atoms with Gasteiger partial charge >= 0.3 is 0 Å². The molecule has 2 saturated heterocycles. The Balaban J connectivity index is 1.45. The van der Waals surface area contributed by atoms with Gasteiger partial charge in [-0.15, -0.1) is 0 Å². The van der Waals surface area contributed by atoms with E-state index in [0.29, 0.717) is 43.3 Å². The average molecular weight is 381 g/mol. The third-order valence-electron chi connectivity index (χ3n) is 5.64. The molecule has 2 aromatic heterocycles. The molecule has 7 heteroatoms. The quantitative estimate of drug-likeness (QED) is 0.737. The number of carbonyl (C=O) groups is 1. The first-order valence-corrected chi connectivity index (χ1v) is 9.71. The summed E-state index contributed by atoms with van der Waals surface area (Å²) in [5.74, 6) is 0.564. The summed E-state index contributed by atoms with van der Waals surface area (Å²) in [5, 5.41) is 8.06. The topological polar surface area (TPSA) is 80.6 Å². The van der Waals surface area contributed by atoms with Crippen molar-refractivity contribution in [3.05, 3.63) is 42.1 Å². The summed E-state index contributed by atoms with van der Waals surface area (Å²) in [5.41, 5.74) is 1.61. The number of nitrogens with one attached hydrogen (secondary N) is 1. The second kappa shape index (κ2) is 6.76. The lowest BCUT2D eigenvalue weighted by atomic mass is 9.91. The van der Waals surface area contributed by atoms with Gasteiger partial charge < -0.3 is 18.8 Å². The van der Waals surface area contributed by atoms with E-state index in [2.05, 4.69) is 10.2 Å². The third kappa shape index (κ3) is 3.00. The van der Waals surface area contributed by atoms with Crippen LogP contribution < -0.4 is 0 Å². The molecule has 28 heavy (non-hydrogen) atoms. The molecule has 1 N–H and O–H groups in total. The molecule has 2 fully saturated rings. The normalized spacial score (nSPS) is 22.0. The minimum Gasteiger partial charge on any atom is -0.454 e. The summed E-state index contributed by atoms with van der Waals surface area (Å²) in [7, 11) is 0. The number of para-hydroxylation sites is 1. The van der Waals surface area contributed by atoms with E-state index in [-0.39, 0.29) is 17.6 Å². The van der Waals surface area contributed by atoms with E-state index in [0.717, 1.165) is 23.8 Å². The van der Waals surface area contributed by atoms with Crippen LogP contribution in [-0.2, 0) is 9.47 Å². The SMILES string of the molecule is CC1CN(C(=O)c2cn[nH]c2-c2cc3ccccc3o2)CC2(CCOCC2)O1. The maximum atomic E-state index is 13.4. The van der Waals surface area contributed by atoms with Gasteiger partial charge in [0.2, 0.25) is 0 Å². The zero-order chi connectivity index (χ0) is 19.1. The van der Waals surface area contributed by atoms with E-state index in [1.165, 1.54) is 0 Å². The Morgan fingerprint density at radius 3 is 2.93 bits per heavy atom. The Bertz CT molecular complexity index is 969. The summed E-state index contributed by atoms with van der Waals surface area (Å²) in [6, 6.07) is 9.72. The van der Waals surface area contributed by atoms with Crippen LogP contribution in [-0.4, -0.2) is 59.0 Å². The number of aromatic amines is 1. The van der Waals surface area contributed by atoms with Crippen molar-refractivity contribution in [1.29, 1.82) is 0 Å². The van der Waals surface area contributed by atoms with Gasteiger partial charge in [-0.2, -0.15) is 5.10 Å². The number of ether oxygens (including phenoxy) is 2. The van der Waals surface area contributed by atoms with Gasteiger partial charge in [0.15, 0.2) is 5.76 Å². The number of carbonyl (C=O) groups excluding carboxylic acids is 1. The van der Waals surface area contributed by atoms with Gasteiger partial charge in [-0.3, -0.25) is 9.89 Å². The summed E-state index contributed by atoms with van der Waals surface area (Å²) in [4.78, 5) is 15.3. The zero-order valence-corrected chi connectivity index (χ0v) is 15.8.